The Morgan fingerprint density at radius 1 is 1.19 bits per heavy atom. The maximum absolute atomic E-state index is 3.57. The van der Waals surface area contributed by atoms with Crippen LogP contribution in [0.3, 0.4) is 0 Å². The van der Waals surface area contributed by atoms with Crippen LogP contribution in [-0.2, 0) is 6.42 Å². The predicted molar refractivity (Wildman–Crippen MR) is 69.9 cm³/mol. The third-order valence-electron chi connectivity index (χ3n) is 4.12. The van der Waals surface area contributed by atoms with Gasteiger partial charge >= 0.3 is 0 Å². The molecule has 1 saturated carbocycles. The Kier molecular flexibility index (Phi) is 3.34. The molecule has 1 heteroatoms. The van der Waals surface area contributed by atoms with Crippen LogP contribution in [0, 0.1) is 13.8 Å². The minimum Gasteiger partial charge on any atom is -0.314 e. The lowest BCUT2D eigenvalue weighted by Gasteiger charge is -2.29. The standard InChI is InChI=1S/C15H23N/c1-12-6-7-13(2)14(10-12)11-15(16-3)8-4-5-9-15/h6-7,10,16H,4-5,8-9,11H2,1-3H3. The highest BCUT2D eigenvalue weighted by Gasteiger charge is 2.32. The Morgan fingerprint density at radius 3 is 2.50 bits per heavy atom. The minimum atomic E-state index is 0.374. The van der Waals surface area contributed by atoms with E-state index < -0.39 is 0 Å². The van der Waals surface area contributed by atoms with E-state index in [1.54, 1.807) is 0 Å². The molecule has 0 radical (unpaired) electrons. The van der Waals surface area contributed by atoms with E-state index in [9.17, 15) is 0 Å². The fraction of sp³-hybridized carbons (Fsp3) is 0.600. The van der Waals surface area contributed by atoms with Gasteiger partial charge < -0.3 is 5.32 Å². The van der Waals surface area contributed by atoms with Gasteiger partial charge in [-0.2, -0.15) is 0 Å². The van der Waals surface area contributed by atoms with Crippen molar-refractivity contribution in [3.05, 3.63) is 34.9 Å². The van der Waals surface area contributed by atoms with Crippen molar-refractivity contribution < 1.29 is 0 Å². The van der Waals surface area contributed by atoms with Crippen LogP contribution in [-0.4, -0.2) is 12.6 Å². The van der Waals surface area contributed by atoms with E-state index in [4.69, 9.17) is 0 Å². The zero-order valence-electron chi connectivity index (χ0n) is 10.8. The van der Waals surface area contributed by atoms with Crippen LogP contribution in [0.1, 0.15) is 42.4 Å². The van der Waals surface area contributed by atoms with Gasteiger partial charge in [0.2, 0.25) is 0 Å². The van der Waals surface area contributed by atoms with E-state index in [1.807, 2.05) is 0 Å². The van der Waals surface area contributed by atoms with Crippen LogP contribution < -0.4 is 5.32 Å². The maximum atomic E-state index is 3.57. The normalized spacial score (nSPS) is 18.9. The summed E-state index contributed by atoms with van der Waals surface area (Å²) in [7, 11) is 2.12. The summed E-state index contributed by atoms with van der Waals surface area (Å²) < 4.78 is 0. The van der Waals surface area contributed by atoms with Gasteiger partial charge in [0.05, 0.1) is 0 Å². The zero-order valence-corrected chi connectivity index (χ0v) is 10.8. The largest absolute Gasteiger partial charge is 0.314 e. The van der Waals surface area contributed by atoms with Gasteiger partial charge in [0, 0.05) is 5.54 Å². The summed E-state index contributed by atoms with van der Waals surface area (Å²) in [4.78, 5) is 0. The molecule has 0 heterocycles. The molecule has 1 aromatic rings. The molecular formula is C15H23N. The van der Waals surface area contributed by atoms with Gasteiger partial charge in [0.1, 0.15) is 0 Å². The summed E-state index contributed by atoms with van der Waals surface area (Å²) >= 11 is 0. The SMILES string of the molecule is CNC1(Cc2cc(C)ccc2C)CCCC1. The number of hydrogen-bond acceptors (Lipinski definition) is 1. The molecule has 16 heavy (non-hydrogen) atoms. The Hall–Kier alpha value is -0.820. The quantitative estimate of drug-likeness (QED) is 0.818. The smallest absolute Gasteiger partial charge is 0.0218 e. The number of benzene rings is 1. The highest BCUT2D eigenvalue weighted by Crippen LogP contribution is 2.33. The number of nitrogens with one attached hydrogen (secondary N) is 1. The van der Waals surface area contributed by atoms with Gasteiger partial charge in [-0.3, -0.25) is 0 Å². The molecular weight excluding hydrogens is 194 g/mol. The second kappa shape index (κ2) is 4.58. The summed E-state index contributed by atoms with van der Waals surface area (Å²) in [6.07, 6.45) is 6.61. The van der Waals surface area contributed by atoms with Crippen LogP contribution in [0.15, 0.2) is 18.2 Å². The molecule has 88 valence electrons. The van der Waals surface area contributed by atoms with Crippen LogP contribution in [0.4, 0.5) is 0 Å². The van der Waals surface area contributed by atoms with Crippen molar-refractivity contribution in [2.45, 2.75) is 51.5 Å². The lowest BCUT2D eigenvalue weighted by Crippen LogP contribution is -2.42. The van der Waals surface area contributed by atoms with Crippen molar-refractivity contribution >= 4 is 0 Å². The van der Waals surface area contributed by atoms with Crippen molar-refractivity contribution in [2.24, 2.45) is 0 Å². The van der Waals surface area contributed by atoms with Crippen LogP contribution in [0.5, 0.6) is 0 Å². The van der Waals surface area contributed by atoms with E-state index in [-0.39, 0.29) is 0 Å². The molecule has 1 aliphatic carbocycles. The van der Waals surface area contributed by atoms with E-state index in [1.165, 1.54) is 48.8 Å². The predicted octanol–water partition coefficient (Wildman–Crippen LogP) is 3.38. The minimum absolute atomic E-state index is 0.374. The van der Waals surface area contributed by atoms with E-state index in [2.05, 4.69) is 44.4 Å². The van der Waals surface area contributed by atoms with Crippen LogP contribution >= 0.6 is 0 Å². The van der Waals surface area contributed by atoms with Gasteiger partial charge in [-0.1, -0.05) is 36.6 Å². The first-order valence-electron chi connectivity index (χ1n) is 6.40. The molecule has 0 bridgehead atoms. The molecule has 0 saturated heterocycles. The summed E-state index contributed by atoms with van der Waals surface area (Å²) in [5.74, 6) is 0. The highest BCUT2D eigenvalue weighted by molar-refractivity contribution is 5.32. The van der Waals surface area contributed by atoms with Crippen molar-refractivity contribution in [1.29, 1.82) is 0 Å². The molecule has 0 aromatic heterocycles. The lowest BCUT2D eigenvalue weighted by molar-refractivity contribution is 0.356. The summed E-state index contributed by atoms with van der Waals surface area (Å²) in [5, 5.41) is 3.57. The fourth-order valence-electron chi connectivity index (χ4n) is 2.92. The Morgan fingerprint density at radius 2 is 1.88 bits per heavy atom. The van der Waals surface area contributed by atoms with Crippen LogP contribution in [0.2, 0.25) is 0 Å². The molecule has 1 aliphatic rings. The first-order valence-corrected chi connectivity index (χ1v) is 6.40. The molecule has 0 amide bonds. The number of rotatable bonds is 3. The van der Waals surface area contributed by atoms with E-state index in [0.717, 1.165) is 0 Å². The van der Waals surface area contributed by atoms with Crippen LogP contribution in [0.25, 0.3) is 0 Å². The summed E-state index contributed by atoms with van der Waals surface area (Å²) in [5.41, 5.74) is 4.71. The van der Waals surface area contributed by atoms with Crippen molar-refractivity contribution in [3.8, 4) is 0 Å². The van der Waals surface area contributed by atoms with E-state index in [0.29, 0.717) is 5.54 Å². The summed E-state index contributed by atoms with van der Waals surface area (Å²) in [6.45, 7) is 4.41. The Bertz CT molecular complexity index is 362. The van der Waals surface area contributed by atoms with Crippen molar-refractivity contribution in [1.82, 2.24) is 5.32 Å². The molecule has 1 N–H and O–H groups in total. The average molecular weight is 217 g/mol. The maximum Gasteiger partial charge on any atom is 0.0218 e. The third kappa shape index (κ3) is 2.30. The third-order valence-corrected chi connectivity index (χ3v) is 4.12. The van der Waals surface area contributed by atoms with Gasteiger partial charge in [0.25, 0.3) is 0 Å². The van der Waals surface area contributed by atoms with Gasteiger partial charge in [-0.15, -0.1) is 0 Å². The van der Waals surface area contributed by atoms with Gasteiger partial charge in [-0.05, 0) is 51.3 Å². The molecule has 2 rings (SSSR count). The van der Waals surface area contributed by atoms with Gasteiger partial charge in [-0.25, -0.2) is 0 Å². The molecule has 1 nitrogen and oxygen atoms in total. The molecule has 0 unspecified atom stereocenters. The molecule has 1 fully saturated rings. The average Bonchev–Trinajstić information content (AvgIpc) is 2.73. The number of likely N-dealkylation sites (N-methyl/N-ethyl adjacent to an activating group) is 1. The number of hydrogen-bond donors (Lipinski definition) is 1. The summed E-state index contributed by atoms with van der Waals surface area (Å²) in [6, 6.07) is 6.81. The molecule has 0 atom stereocenters. The van der Waals surface area contributed by atoms with E-state index >= 15 is 0 Å². The first-order chi connectivity index (χ1) is 7.65. The molecule has 0 spiro atoms. The topological polar surface area (TPSA) is 12.0 Å². The monoisotopic (exact) mass is 217 g/mol. The molecule has 0 aliphatic heterocycles. The second-order valence-corrected chi connectivity index (χ2v) is 5.34. The first kappa shape index (κ1) is 11.7. The highest BCUT2D eigenvalue weighted by atomic mass is 14.9. The second-order valence-electron chi connectivity index (χ2n) is 5.34. The molecule has 1 aromatic carbocycles. The van der Waals surface area contributed by atoms with Crippen molar-refractivity contribution in [2.75, 3.05) is 7.05 Å². The van der Waals surface area contributed by atoms with Gasteiger partial charge in [0.15, 0.2) is 0 Å². The Labute approximate surface area is 99.3 Å². The van der Waals surface area contributed by atoms with Crippen molar-refractivity contribution in [3.63, 3.8) is 0 Å². The Balaban J connectivity index is 2.21. The lowest BCUT2D eigenvalue weighted by atomic mass is 9.87. The fourth-order valence-corrected chi connectivity index (χ4v) is 2.92. The number of aryl methyl sites for hydroxylation is 2. The zero-order chi connectivity index (χ0) is 11.6.